The Morgan fingerprint density at radius 3 is 2.58 bits per heavy atom. The minimum Gasteiger partial charge on any atom is -0.480 e. The molecule has 1 aliphatic rings. The van der Waals surface area contributed by atoms with Crippen molar-refractivity contribution in [1.82, 2.24) is 5.32 Å². The van der Waals surface area contributed by atoms with Gasteiger partial charge < -0.3 is 15.7 Å². The van der Waals surface area contributed by atoms with Crippen LogP contribution in [0.4, 0.5) is 0 Å². The number of carboxylic acids is 1. The number of β-amino-alcohol motifs (C(OH)–C–C–N with tert-alkyl or cyclic N) is 1. The topological polar surface area (TPSA) is 118 Å². The number of aliphatic carboxylic acids is 1. The van der Waals surface area contributed by atoms with Crippen LogP contribution in [0.15, 0.2) is 5.57 Å². The summed E-state index contributed by atoms with van der Waals surface area (Å²) < 4.78 is 0. The molecule has 12 heavy (non-hydrogen) atoms. The molecule has 0 spiro atoms. The highest BCUT2D eigenvalue weighted by Crippen LogP contribution is 2.11. The number of hydrogen-bond donors (Lipinski definition) is 3. The first-order valence-electron chi connectivity index (χ1n) is 3.06. The zero-order valence-corrected chi connectivity index (χ0v) is 6.07. The second-order valence-electron chi connectivity index (χ2n) is 2.25. The van der Waals surface area contributed by atoms with E-state index in [1.165, 1.54) is 5.94 Å². The predicted octanol–water partition coefficient (Wildman–Crippen LogP) is -2.66. The van der Waals surface area contributed by atoms with Crippen molar-refractivity contribution < 1.29 is 25.3 Å². The molecule has 1 heterocycles. The summed E-state index contributed by atoms with van der Waals surface area (Å²) in [5.41, 5.74) is -0.127. The van der Waals surface area contributed by atoms with Crippen molar-refractivity contribution in [3.63, 3.8) is 0 Å². The van der Waals surface area contributed by atoms with Gasteiger partial charge in [0.1, 0.15) is 18.1 Å². The van der Waals surface area contributed by atoms with Crippen LogP contribution < -0.4 is 5.32 Å². The average molecular weight is 175 g/mol. The van der Waals surface area contributed by atoms with E-state index in [1.807, 2.05) is 0 Å². The summed E-state index contributed by atoms with van der Waals surface area (Å²) in [7, 11) is 0. The standard InChI is InChI=1S/C6H7NO4.H2O/c8-2-3-4(9)1-7-5(3)6(10)11;/h4-5,7,9H,1H2,(H,10,11);1H2/t4?,5-;/m0./s1. The van der Waals surface area contributed by atoms with Gasteiger partial charge in [0, 0.05) is 6.54 Å². The van der Waals surface area contributed by atoms with E-state index in [2.05, 4.69) is 5.32 Å². The lowest BCUT2D eigenvalue weighted by atomic mass is 10.1. The second kappa shape index (κ2) is 3.99. The first kappa shape index (κ1) is 10.8. The van der Waals surface area contributed by atoms with E-state index in [1.54, 1.807) is 0 Å². The summed E-state index contributed by atoms with van der Waals surface area (Å²) in [6, 6.07) is -1.07. The molecule has 0 aromatic carbocycles. The van der Waals surface area contributed by atoms with E-state index >= 15 is 0 Å². The van der Waals surface area contributed by atoms with Gasteiger partial charge in [-0.15, -0.1) is 0 Å². The summed E-state index contributed by atoms with van der Waals surface area (Å²) in [5, 5.41) is 19.9. The number of aliphatic hydroxyl groups is 1. The highest BCUT2D eigenvalue weighted by atomic mass is 16.4. The van der Waals surface area contributed by atoms with Gasteiger partial charge in [0.2, 0.25) is 0 Å². The molecule has 0 aliphatic carbocycles. The molecule has 0 saturated carbocycles. The van der Waals surface area contributed by atoms with Crippen molar-refractivity contribution in [2.75, 3.05) is 6.54 Å². The fraction of sp³-hybridized carbons (Fsp3) is 0.500. The fourth-order valence-corrected chi connectivity index (χ4v) is 0.989. The van der Waals surface area contributed by atoms with Crippen molar-refractivity contribution in [2.24, 2.45) is 0 Å². The Morgan fingerprint density at radius 2 is 2.25 bits per heavy atom. The molecule has 0 amide bonds. The lowest BCUT2D eigenvalue weighted by Gasteiger charge is -2.02. The average Bonchev–Trinajstić information content (AvgIpc) is 2.30. The molecule has 5 N–H and O–H groups in total. The number of nitrogens with one attached hydrogen (secondary N) is 1. The van der Waals surface area contributed by atoms with Gasteiger partial charge >= 0.3 is 5.97 Å². The first-order valence-corrected chi connectivity index (χ1v) is 3.06. The second-order valence-corrected chi connectivity index (χ2v) is 2.25. The van der Waals surface area contributed by atoms with Crippen molar-refractivity contribution in [2.45, 2.75) is 12.1 Å². The van der Waals surface area contributed by atoms with Crippen molar-refractivity contribution >= 4 is 11.9 Å². The lowest BCUT2D eigenvalue weighted by molar-refractivity contribution is -0.138. The maximum Gasteiger partial charge on any atom is 0.325 e. The van der Waals surface area contributed by atoms with Gasteiger partial charge in [0.15, 0.2) is 0 Å². The van der Waals surface area contributed by atoms with Crippen molar-refractivity contribution in [1.29, 1.82) is 0 Å². The lowest BCUT2D eigenvalue weighted by Crippen LogP contribution is -2.31. The van der Waals surface area contributed by atoms with Crippen molar-refractivity contribution in [3.05, 3.63) is 5.57 Å². The van der Waals surface area contributed by atoms with Gasteiger partial charge in [0.25, 0.3) is 0 Å². The molecular weight excluding hydrogens is 166 g/mol. The van der Waals surface area contributed by atoms with Gasteiger partial charge in [0.05, 0.1) is 5.57 Å². The van der Waals surface area contributed by atoms with Crippen LogP contribution >= 0.6 is 0 Å². The Hall–Kier alpha value is -1.20. The highest BCUT2D eigenvalue weighted by molar-refractivity contribution is 5.82. The maximum absolute atomic E-state index is 10.3. The van der Waals surface area contributed by atoms with Crippen molar-refractivity contribution in [3.8, 4) is 0 Å². The molecule has 6 nitrogen and oxygen atoms in total. The zero-order chi connectivity index (χ0) is 8.43. The first-order chi connectivity index (χ1) is 5.16. The van der Waals surface area contributed by atoms with Gasteiger partial charge in [-0.2, -0.15) is 0 Å². The van der Waals surface area contributed by atoms with Crippen LogP contribution in [-0.2, 0) is 9.59 Å². The van der Waals surface area contributed by atoms with Gasteiger partial charge in [-0.25, -0.2) is 4.79 Å². The van der Waals surface area contributed by atoms with E-state index in [-0.39, 0.29) is 17.6 Å². The Balaban J connectivity index is 0.00000121. The van der Waals surface area contributed by atoms with Crippen LogP contribution in [-0.4, -0.2) is 46.3 Å². The molecule has 2 atom stereocenters. The maximum atomic E-state index is 10.3. The third-order valence-electron chi connectivity index (χ3n) is 1.55. The molecule has 68 valence electrons. The van der Waals surface area contributed by atoms with Gasteiger partial charge in [-0.1, -0.05) is 0 Å². The molecule has 0 aromatic heterocycles. The molecule has 1 aliphatic heterocycles. The fourth-order valence-electron chi connectivity index (χ4n) is 0.989. The van der Waals surface area contributed by atoms with E-state index in [0.717, 1.165) is 0 Å². The molecule has 1 unspecified atom stereocenters. The SMILES string of the molecule is O.O=C=C1C(O)CN[C@@H]1C(=O)O. The van der Waals surface area contributed by atoms with Crippen LogP contribution in [0.5, 0.6) is 0 Å². The minimum atomic E-state index is -1.17. The van der Waals surface area contributed by atoms with Crippen LogP contribution in [0, 0.1) is 0 Å². The van der Waals surface area contributed by atoms with E-state index in [0.29, 0.717) is 0 Å². The molecule has 6 heteroatoms. The Kier molecular flexibility index (Phi) is 3.59. The third-order valence-corrected chi connectivity index (χ3v) is 1.55. The van der Waals surface area contributed by atoms with E-state index in [4.69, 9.17) is 10.2 Å². The van der Waals surface area contributed by atoms with Gasteiger partial charge in [-0.3, -0.25) is 10.1 Å². The summed E-state index contributed by atoms with van der Waals surface area (Å²) in [5.74, 6) is 0.252. The van der Waals surface area contributed by atoms with E-state index in [9.17, 15) is 9.59 Å². The minimum absolute atomic E-state index is 0. The van der Waals surface area contributed by atoms with Crippen LogP contribution in [0.1, 0.15) is 0 Å². The Labute approximate surface area is 67.8 Å². The third kappa shape index (κ3) is 1.69. The highest BCUT2D eigenvalue weighted by Gasteiger charge is 2.34. The molecule has 0 radical (unpaired) electrons. The molecule has 0 aromatic rings. The van der Waals surface area contributed by atoms with E-state index < -0.39 is 18.1 Å². The molecule has 0 bridgehead atoms. The van der Waals surface area contributed by atoms with Crippen LogP contribution in [0.2, 0.25) is 0 Å². The molecule has 1 saturated heterocycles. The molecular formula is C6H9NO5. The molecule has 1 rings (SSSR count). The zero-order valence-electron chi connectivity index (χ0n) is 6.07. The predicted molar refractivity (Wildman–Crippen MR) is 38.3 cm³/mol. The van der Waals surface area contributed by atoms with Gasteiger partial charge in [-0.05, 0) is 0 Å². The molecule has 1 fully saturated rings. The smallest absolute Gasteiger partial charge is 0.325 e. The largest absolute Gasteiger partial charge is 0.480 e. The normalized spacial score (nSPS) is 27.6. The summed E-state index contributed by atoms with van der Waals surface area (Å²) in [6.45, 7) is 0.0988. The number of rotatable bonds is 1. The quantitative estimate of drug-likeness (QED) is 0.376. The number of carbonyl (C=O) groups excluding carboxylic acids is 1. The summed E-state index contributed by atoms with van der Waals surface area (Å²) in [6.07, 6.45) is -1.01. The number of aliphatic hydroxyl groups excluding tert-OH is 1. The Morgan fingerprint density at radius 1 is 1.67 bits per heavy atom. The summed E-state index contributed by atoms with van der Waals surface area (Å²) >= 11 is 0. The number of hydrogen-bond acceptors (Lipinski definition) is 4. The number of carbonyl (C=O) groups is 1. The number of carboxylic acid groups (broad SMARTS) is 1. The summed E-state index contributed by atoms with van der Waals surface area (Å²) in [4.78, 5) is 20.5. The van der Waals surface area contributed by atoms with Crippen LogP contribution in [0.25, 0.3) is 0 Å². The van der Waals surface area contributed by atoms with Crippen LogP contribution in [0.3, 0.4) is 0 Å². The Bertz CT molecular complexity index is 232. The monoisotopic (exact) mass is 175 g/mol.